The molecule has 0 bridgehead atoms. The Labute approximate surface area is 103 Å². The number of carbonyl (C=O) groups excluding carboxylic acids is 1. The molecule has 2 nitrogen and oxygen atoms in total. The van der Waals surface area contributed by atoms with Gasteiger partial charge in [-0.05, 0) is 36.5 Å². The van der Waals surface area contributed by atoms with E-state index >= 15 is 0 Å². The second-order valence-electron chi connectivity index (χ2n) is 4.06. The average molecular weight is 232 g/mol. The van der Waals surface area contributed by atoms with Crippen LogP contribution in [0.5, 0.6) is 0 Å². The molecule has 1 rings (SSSR count). The highest BCUT2D eigenvalue weighted by atomic mass is 16.5. The summed E-state index contributed by atoms with van der Waals surface area (Å²) in [6.45, 7) is 3.60. The van der Waals surface area contributed by atoms with Crippen LogP contribution in [0.2, 0.25) is 0 Å². The van der Waals surface area contributed by atoms with E-state index in [1.165, 1.54) is 37.2 Å². The lowest BCUT2D eigenvalue weighted by Crippen LogP contribution is -1.94. The minimum absolute atomic E-state index is 0.277. The molecule has 0 fully saturated rings. The van der Waals surface area contributed by atoms with E-state index in [2.05, 4.69) is 25.1 Å². The molecule has 0 aliphatic heterocycles. The van der Waals surface area contributed by atoms with Gasteiger partial charge in [-0.25, -0.2) is 0 Å². The van der Waals surface area contributed by atoms with E-state index in [-0.39, 0.29) is 5.97 Å². The minimum atomic E-state index is -0.277. The topological polar surface area (TPSA) is 26.3 Å². The molecule has 17 heavy (non-hydrogen) atoms. The van der Waals surface area contributed by atoms with Crippen LogP contribution in [0.25, 0.3) is 0 Å². The molecule has 0 amide bonds. The number of esters is 1. The van der Waals surface area contributed by atoms with Gasteiger partial charge < -0.3 is 4.74 Å². The predicted molar refractivity (Wildman–Crippen MR) is 69.7 cm³/mol. The summed E-state index contributed by atoms with van der Waals surface area (Å²) in [6, 6.07) is 8.42. The molecule has 0 aliphatic carbocycles. The van der Waals surface area contributed by atoms with Crippen LogP contribution in [0.4, 0.5) is 0 Å². The van der Waals surface area contributed by atoms with Crippen molar-refractivity contribution >= 4 is 5.97 Å². The van der Waals surface area contributed by atoms with Crippen molar-refractivity contribution in [3.05, 3.63) is 47.7 Å². The fourth-order valence-corrected chi connectivity index (χ4v) is 1.69. The van der Waals surface area contributed by atoms with E-state index in [0.29, 0.717) is 0 Å². The van der Waals surface area contributed by atoms with Crippen LogP contribution < -0.4 is 0 Å². The fraction of sp³-hybridized carbons (Fsp3) is 0.400. The van der Waals surface area contributed by atoms with Gasteiger partial charge in [0.1, 0.15) is 0 Å². The summed E-state index contributed by atoms with van der Waals surface area (Å²) in [4.78, 5) is 10.6. The Bertz CT molecular complexity index is 380. The summed E-state index contributed by atoms with van der Waals surface area (Å²) in [5, 5.41) is 0. The summed E-state index contributed by atoms with van der Waals surface area (Å²) in [6.07, 6.45) is 7.70. The molecule has 1 aromatic rings. The van der Waals surface area contributed by atoms with Gasteiger partial charge in [-0.15, -0.1) is 0 Å². The Morgan fingerprint density at radius 1 is 1.29 bits per heavy atom. The van der Waals surface area contributed by atoms with E-state index in [4.69, 9.17) is 4.74 Å². The molecular weight excluding hydrogens is 212 g/mol. The van der Waals surface area contributed by atoms with Crippen molar-refractivity contribution in [1.29, 1.82) is 0 Å². The highest BCUT2D eigenvalue weighted by Crippen LogP contribution is 2.13. The molecular formula is C15H20O2. The van der Waals surface area contributed by atoms with E-state index in [0.717, 1.165) is 12.8 Å². The number of unbranched alkanes of at least 4 members (excludes halogenated alkanes) is 1. The lowest BCUT2D eigenvalue weighted by atomic mass is 10.00. The van der Waals surface area contributed by atoms with Crippen molar-refractivity contribution in [1.82, 2.24) is 0 Å². The largest absolute Gasteiger partial charge is 0.435 e. The molecule has 2 heteroatoms. The van der Waals surface area contributed by atoms with E-state index in [1.807, 2.05) is 12.1 Å². The third-order valence-corrected chi connectivity index (χ3v) is 2.59. The van der Waals surface area contributed by atoms with Crippen molar-refractivity contribution in [2.75, 3.05) is 0 Å². The SMILES string of the molecule is CCCCc1ccccc1CC=COC(C)=O. The molecule has 0 aromatic heterocycles. The Hall–Kier alpha value is -1.57. The number of hydrogen-bond acceptors (Lipinski definition) is 2. The smallest absolute Gasteiger partial charge is 0.307 e. The van der Waals surface area contributed by atoms with Gasteiger partial charge in [0.2, 0.25) is 0 Å². The molecule has 0 heterocycles. The third-order valence-electron chi connectivity index (χ3n) is 2.59. The first-order valence-electron chi connectivity index (χ1n) is 6.13. The molecule has 0 N–H and O–H groups in total. The molecule has 0 spiro atoms. The molecule has 0 radical (unpaired) electrons. The highest BCUT2D eigenvalue weighted by molar-refractivity contribution is 5.66. The number of hydrogen-bond donors (Lipinski definition) is 0. The molecule has 0 saturated carbocycles. The monoisotopic (exact) mass is 232 g/mol. The summed E-state index contributed by atoms with van der Waals surface area (Å²) < 4.78 is 4.77. The van der Waals surface area contributed by atoms with Gasteiger partial charge in [0, 0.05) is 6.92 Å². The van der Waals surface area contributed by atoms with Crippen LogP contribution in [0.1, 0.15) is 37.8 Å². The van der Waals surface area contributed by atoms with Gasteiger partial charge in [-0.2, -0.15) is 0 Å². The molecule has 0 aliphatic rings. The third kappa shape index (κ3) is 5.34. The number of allylic oxidation sites excluding steroid dienone is 1. The van der Waals surface area contributed by atoms with Crippen LogP contribution in [0.15, 0.2) is 36.6 Å². The zero-order chi connectivity index (χ0) is 12.5. The Morgan fingerprint density at radius 2 is 2.00 bits per heavy atom. The Balaban J connectivity index is 2.57. The van der Waals surface area contributed by atoms with Gasteiger partial charge in [0.25, 0.3) is 0 Å². The highest BCUT2D eigenvalue weighted by Gasteiger charge is 1.99. The van der Waals surface area contributed by atoms with E-state index in [9.17, 15) is 4.79 Å². The summed E-state index contributed by atoms with van der Waals surface area (Å²) in [5.74, 6) is -0.277. The summed E-state index contributed by atoms with van der Waals surface area (Å²) >= 11 is 0. The first kappa shape index (κ1) is 13.5. The van der Waals surface area contributed by atoms with Gasteiger partial charge in [-0.1, -0.05) is 37.6 Å². The maximum absolute atomic E-state index is 10.6. The van der Waals surface area contributed by atoms with Gasteiger partial charge in [-0.3, -0.25) is 4.79 Å². The van der Waals surface area contributed by atoms with Crippen LogP contribution in [-0.2, 0) is 22.4 Å². The van der Waals surface area contributed by atoms with Crippen molar-refractivity contribution in [2.24, 2.45) is 0 Å². The predicted octanol–water partition coefficient (Wildman–Crippen LogP) is 3.65. The summed E-state index contributed by atoms with van der Waals surface area (Å²) in [7, 11) is 0. The van der Waals surface area contributed by atoms with Crippen LogP contribution >= 0.6 is 0 Å². The molecule has 0 unspecified atom stereocenters. The fourth-order valence-electron chi connectivity index (χ4n) is 1.69. The second kappa shape index (κ2) is 7.66. The quantitative estimate of drug-likeness (QED) is 0.553. The number of ether oxygens (including phenoxy) is 1. The Morgan fingerprint density at radius 3 is 2.65 bits per heavy atom. The lowest BCUT2D eigenvalue weighted by Gasteiger charge is -2.06. The number of aryl methyl sites for hydroxylation is 1. The van der Waals surface area contributed by atoms with E-state index in [1.54, 1.807) is 0 Å². The lowest BCUT2D eigenvalue weighted by molar-refractivity contribution is -0.135. The van der Waals surface area contributed by atoms with Crippen molar-refractivity contribution < 1.29 is 9.53 Å². The van der Waals surface area contributed by atoms with Crippen LogP contribution in [0.3, 0.4) is 0 Å². The maximum atomic E-state index is 10.6. The first-order valence-corrected chi connectivity index (χ1v) is 6.13. The summed E-state index contributed by atoms with van der Waals surface area (Å²) in [5.41, 5.74) is 2.70. The first-order chi connectivity index (χ1) is 8.24. The normalized spacial score (nSPS) is 10.7. The standard InChI is InChI=1S/C15H20O2/c1-3-4-8-14-9-5-6-10-15(14)11-7-12-17-13(2)16/h5-7,9-10,12H,3-4,8,11H2,1-2H3. The average Bonchev–Trinajstić information content (AvgIpc) is 2.33. The molecule has 0 atom stereocenters. The van der Waals surface area contributed by atoms with Gasteiger partial charge >= 0.3 is 5.97 Å². The molecule has 0 saturated heterocycles. The van der Waals surface area contributed by atoms with E-state index < -0.39 is 0 Å². The van der Waals surface area contributed by atoms with Gasteiger partial charge in [0.15, 0.2) is 0 Å². The zero-order valence-corrected chi connectivity index (χ0v) is 10.6. The van der Waals surface area contributed by atoms with Crippen LogP contribution in [0, 0.1) is 0 Å². The maximum Gasteiger partial charge on any atom is 0.307 e. The Kier molecular flexibility index (Phi) is 6.08. The number of rotatable bonds is 6. The number of carbonyl (C=O) groups is 1. The van der Waals surface area contributed by atoms with Crippen molar-refractivity contribution in [3.8, 4) is 0 Å². The van der Waals surface area contributed by atoms with Crippen molar-refractivity contribution in [2.45, 2.75) is 39.5 Å². The van der Waals surface area contributed by atoms with Crippen LogP contribution in [-0.4, -0.2) is 5.97 Å². The molecule has 92 valence electrons. The zero-order valence-electron chi connectivity index (χ0n) is 10.6. The second-order valence-corrected chi connectivity index (χ2v) is 4.06. The molecule has 1 aromatic carbocycles. The number of benzene rings is 1. The van der Waals surface area contributed by atoms with Gasteiger partial charge in [0.05, 0.1) is 6.26 Å². The van der Waals surface area contributed by atoms with Crippen molar-refractivity contribution in [3.63, 3.8) is 0 Å². The minimum Gasteiger partial charge on any atom is -0.435 e.